The summed E-state index contributed by atoms with van der Waals surface area (Å²) in [6.45, 7) is 10.2. The summed E-state index contributed by atoms with van der Waals surface area (Å²) in [6, 6.07) is 8.78. The third-order valence-electron chi connectivity index (χ3n) is 6.02. The number of hydrogen-bond acceptors (Lipinski definition) is 5. The van der Waals surface area contributed by atoms with Gasteiger partial charge in [0.2, 0.25) is 21.4 Å². The number of aryl methyl sites for hydroxylation is 2. The first-order chi connectivity index (χ1) is 14.6. The molecule has 0 radical (unpaired) electrons. The van der Waals surface area contributed by atoms with Gasteiger partial charge in [0, 0.05) is 63.8 Å². The molecule has 9 heteroatoms. The van der Waals surface area contributed by atoms with Gasteiger partial charge in [-0.2, -0.15) is 4.31 Å². The van der Waals surface area contributed by atoms with Crippen molar-refractivity contribution in [3.63, 3.8) is 0 Å². The lowest BCUT2D eigenvalue weighted by Gasteiger charge is -2.36. The van der Waals surface area contributed by atoms with E-state index in [-0.39, 0.29) is 29.2 Å². The molecule has 0 amide bonds. The molecule has 1 aromatic heterocycles. The summed E-state index contributed by atoms with van der Waals surface area (Å²) in [5.41, 5.74) is 6.76. The first-order valence-corrected chi connectivity index (χ1v) is 13.0. The number of fused-ring (bicyclic) bond motifs is 2. The fourth-order valence-corrected chi connectivity index (χ4v) is 6.54. The first kappa shape index (κ1) is 25.3. The van der Waals surface area contributed by atoms with E-state index in [9.17, 15) is 8.42 Å². The van der Waals surface area contributed by atoms with Crippen LogP contribution in [0, 0.1) is 13.8 Å². The number of hydrogen-bond donors (Lipinski definition) is 0. The van der Waals surface area contributed by atoms with Crippen LogP contribution in [-0.4, -0.2) is 63.2 Å². The minimum absolute atomic E-state index is 0. The highest BCUT2D eigenvalue weighted by molar-refractivity contribution is 7.89. The predicted octanol–water partition coefficient (Wildman–Crippen LogP) is 1.28. The van der Waals surface area contributed by atoms with Crippen LogP contribution in [0.15, 0.2) is 24.3 Å². The number of nitrogens with zero attached hydrogens (tertiary/aromatic N) is 4. The second-order valence-electron chi connectivity index (χ2n) is 8.81. The molecule has 4 rings (SSSR count). The van der Waals surface area contributed by atoms with E-state index in [1.165, 1.54) is 16.0 Å². The van der Waals surface area contributed by atoms with Crippen LogP contribution in [0.2, 0.25) is 0 Å². The molecule has 0 bridgehead atoms. The smallest absolute Gasteiger partial charge is 0.259 e. The summed E-state index contributed by atoms with van der Waals surface area (Å²) in [4.78, 5) is 9.42. The van der Waals surface area contributed by atoms with Crippen LogP contribution in [0.5, 0.6) is 0 Å². The Morgan fingerprint density at radius 3 is 2.06 bits per heavy atom. The number of sulfonamides is 1. The molecule has 2 heterocycles. The second kappa shape index (κ2) is 9.52. The van der Waals surface area contributed by atoms with Crippen molar-refractivity contribution in [3.8, 4) is 0 Å². The fourth-order valence-electron chi connectivity index (χ4n) is 4.07. The lowest BCUT2D eigenvalue weighted by atomic mass is 10.1. The van der Waals surface area contributed by atoms with Crippen LogP contribution in [0.25, 0.3) is 20.4 Å². The summed E-state index contributed by atoms with van der Waals surface area (Å²) in [5, 5.41) is -0.376. The summed E-state index contributed by atoms with van der Waals surface area (Å²) < 4.78 is 28.9. The molecule has 1 fully saturated rings. The number of aromatic nitrogens is 1. The zero-order chi connectivity index (χ0) is 22.5. The number of piperazine rings is 1. The minimum Gasteiger partial charge on any atom is -1.00 e. The predicted molar refractivity (Wildman–Crippen MR) is 133 cm³/mol. The number of halogens is 1. The van der Waals surface area contributed by atoms with Crippen molar-refractivity contribution >= 4 is 53.2 Å². The largest absolute Gasteiger partial charge is 1.00 e. The van der Waals surface area contributed by atoms with Crippen molar-refractivity contribution in [2.75, 3.05) is 50.1 Å². The lowest BCUT2D eigenvalue weighted by molar-refractivity contribution is -0.00000893. The molecule has 0 atom stereocenters. The molecule has 0 unspecified atom stereocenters. The van der Waals surface area contributed by atoms with Gasteiger partial charge in [0.05, 0.1) is 5.25 Å². The molecular formula is C23H31IN4O2S2. The highest BCUT2D eigenvalue weighted by atomic mass is 127. The lowest BCUT2D eigenvalue weighted by Crippen LogP contribution is -3.00. The Kier molecular flexibility index (Phi) is 7.53. The monoisotopic (exact) mass is 586 g/mol. The Bertz CT molecular complexity index is 1250. The molecule has 0 aliphatic carbocycles. The second-order valence-corrected chi connectivity index (χ2v) is 12.4. The van der Waals surface area contributed by atoms with Gasteiger partial charge in [-0.05, 0) is 51.0 Å². The maximum absolute atomic E-state index is 12.5. The SMILES string of the molecule is Cc1cc(N(C)C)cc2[s+]c3cc(N4CCN(S(=O)(=O)C(C)C)CC4)cc(C)c3nc12.[I-]. The molecule has 0 saturated carbocycles. The van der Waals surface area contributed by atoms with Crippen molar-refractivity contribution in [3.05, 3.63) is 35.4 Å². The molecule has 0 N–H and O–H groups in total. The summed E-state index contributed by atoms with van der Waals surface area (Å²) in [6.07, 6.45) is 0. The zero-order valence-electron chi connectivity index (χ0n) is 19.5. The van der Waals surface area contributed by atoms with E-state index in [4.69, 9.17) is 4.98 Å². The van der Waals surface area contributed by atoms with Crippen LogP contribution in [0.1, 0.15) is 25.0 Å². The van der Waals surface area contributed by atoms with Crippen LogP contribution in [-0.2, 0) is 10.0 Å². The van der Waals surface area contributed by atoms with E-state index in [2.05, 4.69) is 62.0 Å². The Labute approximate surface area is 212 Å². The molecule has 3 aromatic rings. The van der Waals surface area contributed by atoms with Gasteiger partial charge in [0.25, 0.3) is 9.40 Å². The Balaban J connectivity index is 0.00000289. The molecular weight excluding hydrogens is 555 g/mol. The summed E-state index contributed by atoms with van der Waals surface area (Å²) >= 11 is 1.78. The van der Waals surface area contributed by atoms with Crippen molar-refractivity contribution in [2.45, 2.75) is 32.9 Å². The number of anilines is 2. The van der Waals surface area contributed by atoms with Crippen LogP contribution in [0.4, 0.5) is 11.4 Å². The zero-order valence-corrected chi connectivity index (χ0v) is 23.3. The quantitative estimate of drug-likeness (QED) is 0.262. The van der Waals surface area contributed by atoms with Gasteiger partial charge in [0.1, 0.15) is 11.0 Å². The highest BCUT2D eigenvalue weighted by Crippen LogP contribution is 2.35. The van der Waals surface area contributed by atoms with E-state index >= 15 is 0 Å². The fraction of sp³-hybridized carbons (Fsp3) is 0.478. The van der Waals surface area contributed by atoms with Gasteiger partial charge in [-0.15, -0.1) is 0 Å². The maximum atomic E-state index is 12.5. The normalized spacial score (nSPS) is 15.4. The van der Waals surface area contributed by atoms with E-state index < -0.39 is 10.0 Å². The third-order valence-corrected chi connectivity index (χ3v) is 9.36. The van der Waals surface area contributed by atoms with Gasteiger partial charge in [-0.1, -0.05) is 0 Å². The van der Waals surface area contributed by atoms with Gasteiger partial charge >= 0.3 is 0 Å². The molecule has 32 heavy (non-hydrogen) atoms. The van der Waals surface area contributed by atoms with Crippen LogP contribution < -0.4 is 33.8 Å². The summed E-state index contributed by atoms with van der Waals surface area (Å²) in [7, 11) is 0.920. The average Bonchev–Trinajstić information content (AvgIpc) is 2.72. The summed E-state index contributed by atoms with van der Waals surface area (Å²) in [5.74, 6) is 0. The third kappa shape index (κ3) is 4.67. The Morgan fingerprint density at radius 2 is 1.50 bits per heavy atom. The van der Waals surface area contributed by atoms with Crippen LogP contribution in [0.3, 0.4) is 0 Å². The molecule has 1 saturated heterocycles. The molecule has 0 spiro atoms. The molecule has 174 valence electrons. The number of benzene rings is 2. The Morgan fingerprint density at radius 1 is 0.938 bits per heavy atom. The topological polar surface area (TPSA) is 56.8 Å². The van der Waals surface area contributed by atoms with E-state index in [0.717, 1.165) is 27.0 Å². The van der Waals surface area contributed by atoms with Crippen molar-refractivity contribution in [1.29, 1.82) is 0 Å². The van der Waals surface area contributed by atoms with Gasteiger partial charge in [0.15, 0.2) is 0 Å². The van der Waals surface area contributed by atoms with Gasteiger partial charge in [-0.25, -0.2) is 13.4 Å². The van der Waals surface area contributed by atoms with Crippen molar-refractivity contribution in [1.82, 2.24) is 9.29 Å². The maximum Gasteiger partial charge on any atom is 0.259 e. The van der Waals surface area contributed by atoms with E-state index in [0.29, 0.717) is 26.2 Å². The van der Waals surface area contributed by atoms with Crippen molar-refractivity contribution < 1.29 is 32.4 Å². The van der Waals surface area contributed by atoms with Crippen molar-refractivity contribution in [2.24, 2.45) is 0 Å². The number of rotatable bonds is 4. The first-order valence-electron chi connectivity index (χ1n) is 10.7. The average molecular weight is 587 g/mol. The highest BCUT2D eigenvalue weighted by Gasteiger charge is 2.30. The van der Waals surface area contributed by atoms with Gasteiger partial charge in [-0.3, -0.25) is 0 Å². The van der Waals surface area contributed by atoms with Crippen LogP contribution >= 0.6 is 11.3 Å². The van der Waals surface area contributed by atoms with E-state index in [1.54, 1.807) is 29.5 Å². The Hall–Kier alpha value is -1.30. The standard InChI is InChI=1S/C23H31N4O2S2.HI/c1-15(2)31(28,29)27-9-7-26(8-10-27)19-12-17(4)23-21(14-19)30-20-13-18(25(5)6)11-16(3)22(20)24-23;/h11-15H,7-10H2,1-6H3;1H/q+1;/p-1. The minimum atomic E-state index is -3.19. The van der Waals surface area contributed by atoms with Gasteiger partial charge < -0.3 is 33.8 Å². The molecule has 1 aliphatic rings. The molecule has 2 aromatic carbocycles. The van der Waals surface area contributed by atoms with E-state index in [1.807, 2.05) is 0 Å². The molecule has 1 aliphatic heterocycles. The molecule has 6 nitrogen and oxygen atoms in total.